The SMILES string of the molecule is CCc1ccc(C(=O)[C@@H](C)Oc2ccc(C)cc2[N+](=O)[O-])cc1. The van der Waals surface area contributed by atoms with Crippen LogP contribution in [-0.2, 0) is 6.42 Å². The largest absolute Gasteiger partial charge is 0.475 e. The minimum Gasteiger partial charge on any atom is -0.475 e. The lowest BCUT2D eigenvalue weighted by Crippen LogP contribution is -2.24. The molecular weight excluding hydrogens is 294 g/mol. The number of carbonyl (C=O) groups excluding carboxylic acids is 1. The van der Waals surface area contributed by atoms with Crippen LogP contribution in [0.15, 0.2) is 42.5 Å². The summed E-state index contributed by atoms with van der Waals surface area (Å²) in [6, 6.07) is 12.0. The highest BCUT2D eigenvalue weighted by atomic mass is 16.6. The normalized spacial score (nSPS) is 11.8. The van der Waals surface area contributed by atoms with E-state index >= 15 is 0 Å². The van der Waals surface area contributed by atoms with Gasteiger partial charge in [-0.25, -0.2) is 0 Å². The van der Waals surface area contributed by atoms with Crippen molar-refractivity contribution >= 4 is 11.5 Å². The number of hydrogen-bond acceptors (Lipinski definition) is 4. The monoisotopic (exact) mass is 313 g/mol. The second-order valence-electron chi connectivity index (χ2n) is 5.40. The first-order valence-corrected chi connectivity index (χ1v) is 7.47. The standard InChI is InChI=1S/C18H19NO4/c1-4-14-6-8-15(9-7-14)18(20)13(3)23-17-10-5-12(2)11-16(17)19(21)22/h5-11,13H,4H2,1-3H3/t13-/m1/s1. The third kappa shape index (κ3) is 3.94. The van der Waals surface area contributed by atoms with Gasteiger partial charge >= 0.3 is 5.69 Å². The van der Waals surface area contributed by atoms with E-state index in [0.717, 1.165) is 17.5 Å². The van der Waals surface area contributed by atoms with Crippen molar-refractivity contribution in [3.63, 3.8) is 0 Å². The number of aryl methyl sites for hydroxylation is 2. The third-order valence-corrected chi connectivity index (χ3v) is 3.63. The predicted octanol–water partition coefficient (Wildman–Crippen LogP) is 4.12. The summed E-state index contributed by atoms with van der Waals surface area (Å²) in [5.74, 6) is -0.103. The Morgan fingerprint density at radius 3 is 2.43 bits per heavy atom. The van der Waals surface area contributed by atoms with Crippen LogP contribution >= 0.6 is 0 Å². The van der Waals surface area contributed by atoms with Gasteiger partial charge in [-0.3, -0.25) is 14.9 Å². The number of ether oxygens (including phenoxy) is 1. The highest BCUT2D eigenvalue weighted by Crippen LogP contribution is 2.29. The number of rotatable bonds is 6. The molecule has 2 aromatic carbocycles. The van der Waals surface area contributed by atoms with E-state index < -0.39 is 11.0 Å². The Morgan fingerprint density at radius 2 is 1.87 bits per heavy atom. The maximum Gasteiger partial charge on any atom is 0.311 e. The molecule has 0 spiro atoms. The van der Waals surface area contributed by atoms with Gasteiger partial charge in [0.15, 0.2) is 11.9 Å². The highest BCUT2D eigenvalue weighted by Gasteiger charge is 2.22. The van der Waals surface area contributed by atoms with Crippen LogP contribution in [0.5, 0.6) is 5.75 Å². The molecule has 0 aliphatic carbocycles. The Morgan fingerprint density at radius 1 is 1.22 bits per heavy atom. The van der Waals surface area contributed by atoms with Crippen molar-refractivity contribution in [1.29, 1.82) is 0 Å². The fourth-order valence-electron chi connectivity index (χ4n) is 2.25. The Kier molecular flexibility index (Phi) is 5.11. The molecule has 0 aliphatic heterocycles. The summed E-state index contributed by atoms with van der Waals surface area (Å²) in [5.41, 5.74) is 2.30. The average Bonchev–Trinajstić information content (AvgIpc) is 2.55. The fraction of sp³-hybridized carbons (Fsp3) is 0.278. The van der Waals surface area contributed by atoms with Gasteiger partial charge in [0.1, 0.15) is 0 Å². The van der Waals surface area contributed by atoms with Gasteiger partial charge in [0.05, 0.1) is 4.92 Å². The van der Waals surface area contributed by atoms with Crippen LogP contribution in [0.1, 0.15) is 35.3 Å². The molecule has 5 nitrogen and oxygen atoms in total. The van der Waals surface area contributed by atoms with Crippen molar-refractivity contribution in [2.45, 2.75) is 33.3 Å². The summed E-state index contributed by atoms with van der Waals surface area (Å²) in [6.45, 7) is 5.40. The number of ketones is 1. The van der Waals surface area contributed by atoms with Crippen molar-refractivity contribution in [2.24, 2.45) is 0 Å². The van der Waals surface area contributed by atoms with Crippen LogP contribution in [0.3, 0.4) is 0 Å². The minimum atomic E-state index is -0.802. The average molecular weight is 313 g/mol. The molecule has 0 saturated heterocycles. The van der Waals surface area contributed by atoms with Crippen LogP contribution in [0, 0.1) is 17.0 Å². The Balaban J connectivity index is 2.19. The van der Waals surface area contributed by atoms with Crippen molar-refractivity contribution in [1.82, 2.24) is 0 Å². The molecule has 0 aliphatic rings. The Bertz CT molecular complexity index is 722. The van der Waals surface area contributed by atoms with E-state index in [9.17, 15) is 14.9 Å². The maximum absolute atomic E-state index is 12.4. The van der Waals surface area contributed by atoms with E-state index in [1.54, 1.807) is 32.0 Å². The summed E-state index contributed by atoms with van der Waals surface area (Å²) in [7, 11) is 0. The predicted molar refractivity (Wildman–Crippen MR) is 88.1 cm³/mol. The van der Waals surface area contributed by atoms with E-state index in [-0.39, 0.29) is 17.2 Å². The smallest absolute Gasteiger partial charge is 0.311 e. The molecule has 23 heavy (non-hydrogen) atoms. The topological polar surface area (TPSA) is 69.4 Å². The number of carbonyl (C=O) groups is 1. The van der Waals surface area contributed by atoms with Crippen LogP contribution in [-0.4, -0.2) is 16.8 Å². The number of Topliss-reactive ketones (excluding diaryl/α,β-unsaturated/α-hetero) is 1. The summed E-state index contributed by atoms with van der Waals surface area (Å²) in [6.07, 6.45) is 0.0969. The zero-order valence-electron chi connectivity index (χ0n) is 13.4. The first-order chi connectivity index (χ1) is 10.9. The van der Waals surface area contributed by atoms with Gasteiger partial charge in [-0.2, -0.15) is 0 Å². The zero-order chi connectivity index (χ0) is 17.0. The molecule has 0 saturated carbocycles. The lowest BCUT2D eigenvalue weighted by atomic mass is 10.0. The number of nitro benzene ring substituents is 1. The second-order valence-corrected chi connectivity index (χ2v) is 5.40. The van der Waals surface area contributed by atoms with Crippen LogP contribution < -0.4 is 4.74 Å². The third-order valence-electron chi connectivity index (χ3n) is 3.63. The molecule has 0 N–H and O–H groups in total. The number of nitrogens with zero attached hydrogens (tertiary/aromatic N) is 1. The first-order valence-electron chi connectivity index (χ1n) is 7.47. The van der Waals surface area contributed by atoms with Crippen molar-refractivity contribution in [3.05, 3.63) is 69.3 Å². The van der Waals surface area contributed by atoms with Crippen molar-refractivity contribution < 1.29 is 14.5 Å². The molecule has 0 unspecified atom stereocenters. The van der Waals surface area contributed by atoms with Gasteiger partial charge < -0.3 is 4.74 Å². The summed E-state index contributed by atoms with van der Waals surface area (Å²) in [4.78, 5) is 23.0. The van der Waals surface area contributed by atoms with Gasteiger partial charge in [-0.05, 0) is 37.5 Å². The molecule has 120 valence electrons. The zero-order valence-corrected chi connectivity index (χ0v) is 13.4. The van der Waals surface area contributed by atoms with E-state index in [2.05, 4.69) is 0 Å². The Hall–Kier alpha value is -2.69. The van der Waals surface area contributed by atoms with Crippen molar-refractivity contribution in [3.8, 4) is 5.75 Å². The van der Waals surface area contributed by atoms with E-state index in [1.807, 2.05) is 19.1 Å². The van der Waals surface area contributed by atoms with Crippen LogP contribution in [0.2, 0.25) is 0 Å². The summed E-state index contributed by atoms with van der Waals surface area (Å²) in [5, 5.41) is 11.1. The summed E-state index contributed by atoms with van der Waals surface area (Å²) < 4.78 is 5.54. The Labute approximate surface area is 135 Å². The molecule has 2 rings (SSSR count). The maximum atomic E-state index is 12.4. The molecule has 1 atom stereocenters. The quantitative estimate of drug-likeness (QED) is 0.457. The number of nitro groups is 1. The van der Waals surface area contributed by atoms with E-state index in [4.69, 9.17) is 4.74 Å². The molecule has 0 fully saturated rings. The molecule has 0 radical (unpaired) electrons. The first kappa shape index (κ1) is 16.7. The molecule has 0 heterocycles. The molecule has 2 aromatic rings. The van der Waals surface area contributed by atoms with Gasteiger partial charge in [-0.1, -0.05) is 37.3 Å². The molecular formula is C18H19NO4. The molecule has 0 bridgehead atoms. The van der Waals surface area contributed by atoms with Gasteiger partial charge in [0, 0.05) is 11.6 Å². The van der Waals surface area contributed by atoms with E-state index in [1.165, 1.54) is 12.1 Å². The van der Waals surface area contributed by atoms with Gasteiger partial charge in [0.25, 0.3) is 0 Å². The lowest BCUT2D eigenvalue weighted by Gasteiger charge is -2.14. The van der Waals surface area contributed by atoms with E-state index in [0.29, 0.717) is 5.56 Å². The second kappa shape index (κ2) is 7.05. The van der Waals surface area contributed by atoms with Crippen LogP contribution in [0.25, 0.3) is 0 Å². The van der Waals surface area contributed by atoms with Crippen molar-refractivity contribution in [2.75, 3.05) is 0 Å². The highest BCUT2D eigenvalue weighted by molar-refractivity contribution is 5.99. The number of hydrogen-bond donors (Lipinski definition) is 0. The van der Waals surface area contributed by atoms with Crippen LogP contribution in [0.4, 0.5) is 5.69 Å². The molecule has 0 aromatic heterocycles. The minimum absolute atomic E-state index is 0.103. The fourth-order valence-corrected chi connectivity index (χ4v) is 2.25. The molecule has 5 heteroatoms. The summed E-state index contributed by atoms with van der Waals surface area (Å²) >= 11 is 0. The van der Waals surface area contributed by atoms with Gasteiger partial charge in [0.2, 0.25) is 5.78 Å². The number of benzene rings is 2. The lowest BCUT2D eigenvalue weighted by molar-refractivity contribution is -0.386. The van der Waals surface area contributed by atoms with Gasteiger partial charge in [-0.15, -0.1) is 0 Å². The molecule has 0 amide bonds.